The molecule has 0 aliphatic heterocycles. The molecule has 6 nitrogen and oxygen atoms in total. The Morgan fingerprint density at radius 2 is 1.85 bits per heavy atom. The predicted molar refractivity (Wildman–Crippen MR) is 76.2 cm³/mol. The number of nitrogens with one attached hydrogen (secondary N) is 2. The van der Waals surface area contributed by atoms with Gasteiger partial charge in [0.25, 0.3) is 0 Å². The van der Waals surface area contributed by atoms with Crippen LogP contribution in [0.5, 0.6) is 0 Å². The third-order valence-electron chi connectivity index (χ3n) is 2.75. The summed E-state index contributed by atoms with van der Waals surface area (Å²) in [6.45, 7) is 8.09. The van der Waals surface area contributed by atoms with Crippen molar-refractivity contribution in [1.29, 1.82) is 0 Å². The molecule has 6 heteroatoms. The molecule has 1 unspecified atom stereocenters. The SMILES string of the molecule is CCOC(=O)CCCNCC(=O)NC(C(C)=O)C(C)C. The van der Waals surface area contributed by atoms with E-state index in [4.69, 9.17) is 4.74 Å². The van der Waals surface area contributed by atoms with Crippen LogP contribution in [0.4, 0.5) is 0 Å². The average molecular weight is 286 g/mol. The largest absolute Gasteiger partial charge is 0.466 e. The van der Waals surface area contributed by atoms with E-state index >= 15 is 0 Å². The molecule has 0 saturated carbocycles. The molecule has 1 atom stereocenters. The summed E-state index contributed by atoms with van der Waals surface area (Å²) in [5, 5.41) is 5.63. The van der Waals surface area contributed by atoms with Crippen LogP contribution in [0.15, 0.2) is 0 Å². The molecule has 0 aromatic carbocycles. The van der Waals surface area contributed by atoms with Crippen LogP contribution in [-0.2, 0) is 19.1 Å². The first-order valence-corrected chi connectivity index (χ1v) is 7.04. The molecule has 0 rings (SSSR count). The van der Waals surface area contributed by atoms with Crippen molar-refractivity contribution >= 4 is 17.7 Å². The number of hydrogen-bond acceptors (Lipinski definition) is 5. The first kappa shape index (κ1) is 18.6. The summed E-state index contributed by atoms with van der Waals surface area (Å²) in [4.78, 5) is 34.1. The molecular formula is C14H26N2O4. The number of hydrogen-bond donors (Lipinski definition) is 2. The van der Waals surface area contributed by atoms with Gasteiger partial charge in [0.2, 0.25) is 5.91 Å². The smallest absolute Gasteiger partial charge is 0.305 e. The number of ether oxygens (including phenoxy) is 1. The Bertz CT molecular complexity index is 329. The fraction of sp³-hybridized carbons (Fsp3) is 0.786. The Kier molecular flexibility index (Phi) is 9.63. The quantitative estimate of drug-likeness (QED) is 0.455. The molecule has 0 aromatic heterocycles. The molecule has 0 fully saturated rings. The second kappa shape index (κ2) is 10.4. The molecular weight excluding hydrogens is 260 g/mol. The Balaban J connectivity index is 3.78. The van der Waals surface area contributed by atoms with Gasteiger partial charge in [-0.1, -0.05) is 13.8 Å². The monoisotopic (exact) mass is 286 g/mol. The van der Waals surface area contributed by atoms with E-state index in [1.54, 1.807) is 6.92 Å². The molecule has 2 N–H and O–H groups in total. The highest BCUT2D eigenvalue weighted by Crippen LogP contribution is 2.02. The molecule has 0 aliphatic carbocycles. The summed E-state index contributed by atoms with van der Waals surface area (Å²) in [5.74, 6) is -0.416. The van der Waals surface area contributed by atoms with Crippen LogP contribution in [0.3, 0.4) is 0 Å². The van der Waals surface area contributed by atoms with Gasteiger partial charge in [-0.25, -0.2) is 0 Å². The average Bonchev–Trinajstić information content (AvgIpc) is 2.35. The number of amides is 1. The summed E-state index contributed by atoms with van der Waals surface area (Å²) in [6.07, 6.45) is 0.955. The third kappa shape index (κ3) is 8.63. The molecule has 20 heavy (non-hydrogen) atoms. The van der Waals surface area contributed by atoms with E-state index in [0.29, 0.717) is 26.0 Å². The lowest BCUT2D eigenvalue weighted by Crippen LogP contribution is -2.46. The van der Waals surface area contributed by atoms with Gasteiger partial charge in [-0.3, -0.25) is 14.4 Å². The number of carbonyl (C=O) groups is 3. The molecule has 0 heterocycles. The van der Waals surface area contributed by atoms with Crippen LogP contribution in [0.1, 0.15) is 40.5 Å². The summed E-state index contributed by atoms with van der Waals surface area (Å²) >= 11 is 0. The van der Waals surface area contributed by atoms with Gasteiger partial charge in [0, 0.05) is 6.42 Å². The molecule has 116 valence electrons. The van der Waals surface area contributed by atoms with Gasteiger partial charge in [-0.15, -0.1) is 0 Å². The van der Waals surface area contributed by atoms with E-state index in [0.717, 1.165) is 0 Å². The predicted octanol–water partition coefficient (Wildman–Crippen LogP) is 0.649. The lowest BCUT2D eigenvalue weighted by Gasteiger charge is -2.19. The highest BCUT2D eigenvalue weighted by atomic mass is 16.5. The van der Waals surface area contributed by atoms with Crippen molar-refractivity contribution in [2.45, 2.75) is 46.6 Å². The number of rotatable bonds is 10. The molecule has 0 bridgehead atoms. The fourth-order valence-corrected chi connectivity index (χ4v) is 1.75. The first-order chi connectivity index (χ1) is 9.38. The highest BCUT2D eigenvalue weighted by molar-refractivity contribution is 5.88. The minimum absolute atomic E-state index is 0.0457. The van der Waals surface area contributed by atoms with E-state index in [1.165, 1.54) is 6.92 Å². The summed E-state index contributed by atoms with van der Waals surface area (Å²) in [7, 11) is 0. The lowest BCUT2D eigenvalue weighted by atomic mass is 10.0. The maximum absolute atomic E-state index is 11.6. The van der Waals surface area contributed by atoms with Crippen molar-refractivity contribution in [2.24, 2.45) is 5.92 Å². The van der Waals surface area contributed by atoms with Gasteiger partial charge in [-0.05, 0) is 32.7 Å². The van der Waals surface area contributed by atoms with E-state index in [-0.39, 0.29) is 30.1 Å². The number of esters is 1. The van der Waals surface area contributed by atoms with Gasteiger partial charge in [0.1, 0.15) is 0 Å². The number of carbonyl (C=O) groups excluding carboxylic acids is 3. The Morgan fingerprint density at radius 3 is 2.35 bits per heavy atom. The molecule has 1 amide bonds. The molecule has 0 aliphatic rings. The van der Waals surface area contributed by atoms with E-state index in [9.17, 15) is 14.4 Å². The zero-order valence-corrected chi connectivity index (χ0v) is 12.8. The van der Waals surface area contributed by atoms with E-state index in [2.05, 4.69) is 10.6 Å². The summed E-state index contributed by atoms with van der Waals surface area (Å²) < 4.78 is 4.79. The van der Waals surface area contributed by atoms with E-state index < -0.39 is 6.04 Å². The van der Waals surface area contributed by atoms with Crippen molar-refractivity contribution in [1.82, 2.24) is 10.6 Å². The van der Waals surface area contributed by atoms with Crippen LogP contribution < -0.4 is 10.6 Å². The summed E-state index contributed by atoms with van der Waals surface area (Å²) in [6, 6.07) is -0.441. The maximum Gasteiger partial charge on any atom is 0.305 e. The Labute approximate surface area is 120 Å². The molecule has 0 radical (unpaired) electrons. The number of ketones is 1. The summed E-state index contributed by atoms with van der Waals surface area (Å²) in [5.41, 5.74) is 0. The van der Waals surface area contributed by atoms with E-state index in [1.807, 2.05) is 13.8 Å². The second-order valence-corrected chi connectivity index (χ2v) is 4.99. The minimum Gasteiger partial charge on any atom is -0.466 e. The van der Waals surface area contributed by atoms with Crippen LogP contribution in [0, 0.1) is 5.92 Å². The van der Waals surface area contributed by atoms with Gasteiger partial charge >= 0.3 is 5.97 Å². The lowest BCUT2D eigenvalue weighted by molar-refractivity contribution is -0.143. The van der Waals surface area contributed by atoms with Crippen LogP contribution in [0.25, 0.3) is 0 Å². The van der Waals surface area contributed by atoms with Gasteiger partial charge < -0.3 is 15.4 Å². The third-order valence-corrected chi connectivity index (χ3v) is 2.75. The molecule has 0 aromatic rings. The zero-order valence-electron chi connectivity index (χ0n) is 12.8. The minimum atomic E-state index is -0.441. The van der Waals surface area contributed by atoms with Crippen molar-refractivity contribution in [3.05, 3.63) is 0 Å². The standard InChI is InChI=1S/C14H26N2O4/c1-5-20-13(19)7-6-8-15-9-12(18)16-14(10(2)3)11(4)17/h10,14-15H,5-9H2,1-4H3,(H,16,18). The second-order valence-electron chi connectivity index (χ2n) is 4.99. The van der Waals surface area contributed by atoms with Crippen LogP contribution in [0.2, 0.25) is 0 Å². The van der Waals surface area contributed by atoms with Gasteiger partial charge in [-0.2, -0.15) is 0 Å². The van der Waals surface area contributed by atoms with Crippen molar-refractivity contribution in [2.75, 3.05) is 19.7 Å². The van der Waals surface area contributed by atoms with Gasteiger partial charge in [0.05, 0.1) is 19.2 Å². The number of Topliss-reactive ketones (excluding diaryl/α,β-unsaturated/α-hetero) is 1. The van der Waals surface area contributed by atoms with Crippen molar-refractivity contribution in [3.63, 3.8) is 0 Å². The topological polar surface area (TPSA) is 84.5 Å². The highest BCUT2D eigenvalue weighted by Gasteiger charge is 2.19. The Morgan fingerprint density at radius 1 is 1.20 bits per heavy atom. The Hall–Kier alpha value is -1.43. The van der Waals surface area contributed by atoms with Crippen LogP contribution >= 0.6 is 0 Å². The van der Waals surface area contributed by atoms with Crippen LogP contribution in [-0.4, -0.2) is 43.4 Å². The molecule has 0 spiro atoms. The van der Waals surface area contributed by atoms with Crippen molar-refractivity contribution < 1.29 is 19.1 Å². The zero-order chi connectivity index (χ0) is 15.5. The van der Waals surface area contributed by atoms with Crippen molar-refractivity contribution in [3.8, 4) is 0 Å². The fourth-order valence-electron chi connectivity index (χ4n) is 1.75. The van der Waals surface area contributed by atoms with Gasteiger partial charge in [0.15, 0.2) is 5.78 Å². The first-order valence-electron chi connectivity index (χ1n) is 7.04. The maximum atomic E-state index is 11.6. The normalized spacial score (nSPS) is 12.1. The molecule has 0 saturated heterocycles.